The Hall–Kier alpha value is -0.0831. The van der Waals surface area contributed by atoms with Crippen LogP contribution in [-0.2, 0) is 0 Å². The van der Waals surface area contributed by atoms with E-state index in [0.717, 1.165) is 12.8 Å². The highest BCUT2D eigenvalue weighted by Gasteiger charge is 2.14. The molecule has 0 radical (unpaired) electrons. The van der Waals surface area contributed by atoms with Gasteiger partial charge in [0, 0.05) is 6.61 Å². The molecule has 66 valence electrons. The van der Waals surface area contributed by atoms with Gasteiger partial charge in [-0.25, -0.2) is 0 Å². The number of aliphatic hydroxyl groups is 1. The third-order valence-electron chi connectivity index (χ3n) is 2.00. The fourth-order valence-corrected chi connectivity index (χ4v) is 1.47. The highest BCUT2D eigenvalue weighted by atomic mass is 28.3. The predicted molar refractivity (Wildman–Crippen MR) is 53.4 cm³/mol. The third-order valence-corrected chi connectivity index (χ3v) is 4.57. The molecular formula is C9H20OSi. The Bertz CT molecular complexity index is 133. The number of hydrogen-bond donors (Lipinski definition) is 1. The highest BCUT2D eigenvalue weighted by molar-refractivity contribution is 6.82. The Morgan fingerprint density at radius 3 is 2.27 bits per heavy atom. The fourth-order valence-electron chi connectivity index (χ4n) is 0.716. The fraction of sp³-hybridized carbons (Fsp3) is 0.778. The second-order valence-electron chi connectivity index (χ2n) is 4.00. The first-order valence-corrected chi connectivity index (χ1v) is 7.76. The van der Waals surface area contributed by atoms with Crippen LogP contribution in [0.15, 0.2) is 11.3 Å². The number of rotatable bonds is 4. The molecule has 0 unspecified atom stereocenters. The SMILES string of the molecule is CC(=CCCCO)[Si](C)(C)C. The van der Waals surface area contributed by atoms with Crippen LogP contribution >= 0.6 is 0 Å². The number of allylic oxidation sites excluding steroid dienone is 2. The standard InChI is InChI=1S/C9H20OSi/c1-9(11(2,3)4)7-5-6-8-10/h7,10H,5-6,8H2,1-4H3. The summed E-state index contributed by atoms with van der Waals surface area (Å²) in [6.45, 7) is 9.56. The molecule has 0 aromatic rings. The molecule has 0 rings (SSSR count). The summed E-state index contributed by atoms with van der Waals surface area (Å²) in [5, 5.41) is 10.1. The van der Waals surface area contributed by atoms with E-state index < -0.39 is 8.07 Å². The van der Waals surface area contributed by atoms with E-state index in [1.54, 1.807) is 5.20 Å². The monoisotopic (exact) mass is 172 g/mol. The van der Waals surface area contributed by atoms with Crippen molar-refractivity contribution in [1.29, 1.82) is 0 Å². The van der Waals surface area contributed by atoms with E-state index in [0.29, 0.717) is 6.61 Å². The molecule has 0 saturated carbocycles. The molecule has 11 heavy (non-hydrogen) atoms. The van der Waals surface area contributed by atoms with Gasteiger partial charge in [0.15, 0.2) is 0 Å². The van der Waals surface area contributed by atoms with Crippen LogP contribution in [0, 0.1) is 0 Å². The molecule has 0 aliphatic rings. The maximum absolute atomic E-state index is 8.56. The average Bonchev–Trinajstić information content (AvgIpc) is 1.86. The van der Waals surface area contributed by atoms with Gasteiger partial charge >= 0.3 is 0 Å². The molecule has 0 amide bonds. The summed E-state index contributed by atoms with van der Waals surface area (Å²) in [6.07, 6.45) is 4.22. The molecule has 0 aromatic heterocycles. The first-order valence-electron chi connectivity index (χ1n) is 4.26. The Morgan fingerprint density at radius 1 is 1.36 bits per heavy atom. The average molecular weight is 172 g/mol. The molecule has 0 heterocycles. The van der Waals surface area contributed by atoms with Gasteiger partial charge < -0.3 is 5.11 Å². The normalized spacial score (nSPS) is 13.7. The number of unbranched alkanes of at least 4 members (excludes halogenated alkanes) is 1. The zero-order valence-electron chi connectivity index (χ0n) is 8.15. The van der Waals surface area contributed by atoms with Crippen molar-refractivity contribution in [2.75, 3.05) is 6.61 Å². The minimum absolute atomic E-state index is 0.315. The van der Waals surface area contributed by atoms with E-state index in [4.69, 9.17) is 5.11 Å². The van der Waals surface area contributed by atoms with Gasteiger partial charge in [-0.1, -0.05) is 30.9 Å². The third kappa shape index (κ3) is 5.22. The predicted octanol–water partition coefficient (Wildman–Crippen LogP) is 2.58. The molecule has 0 spiro atoms. The summed E-state index contributed by atoms with van der Waals surface area (Å²) in [5.74, 6) is 0. The summed E-state index contributed by atoms with van der Waals surface area (Å²) in [7, 11) is -1.03. The summed E-state index contributed by atoms with van der Waals surface area (Å²) in [5.41, 5.74) is 0. The second-order valence-corrected chi connectivity index (χ2v) is 9.29. The first-order chi connectivity index (χ1) is 4.98. The summed E-state index contributed by atoms with van der Waals surface area (Å²) >= 11 is 0. The van der Waals surface area contributed by atoms with Crippen LogP contribution in [0.1, 0.15) is 19.8 Å². The van der Waals surface area contributed by atoms with Crippen molar-refractivity contribution in [3.63, 3.8) is 0 Å². The van der Waals surface area contributed by atoms with Crippen molar-refractivity contribution in [2.24, 2.45) is 0 Å². The molecule has 0 bridgehead atoms. The van der Waals surface area contributed by atoms with Gasteiger partial charge in [-0.15, -0.1) is 0 Å². The lowest BCUT2D eigenvalue weighted by atomic mass is 10.3. The molecule has 0 atom stereocenters. The van der Waals surface area contributed by atoms with Crippen LogP contribution in [0.4, 0.5) is 0 Å². The van der Waals surface area contributed by atoms with Gasteiger partial charge in [0.25, 0.3) is 0 Å². The molecule has 1 N–H and O–H groups in total. The lowest BCUT2D eigenvalue weighted by molar-refractivity contribution is 0.289. The van der Waals surface area contributed by atoms with Crippen LogP contribution in [0.3, 0.4) is 0 Å². The smallest absolute Gasteiger partial charge is 0.0716 e. The molecule has 0 aromatic carbocycles. The van der Waals surface area contributed by atoms with E-state index in [1.165, 1.54) is 0 Å². The molecule has 0 saturated heterocycles. The molecule has 0 aliphatic carbocycles. The molecule has 2 heteroatoms. The summed E-state index contributed by atoms with van der Waals surface area (Å²) < 4.78 is 0. The largest absolute Gasteiger partial charge is 0.396 e. The quantitative estimate of drug-likeness (QED) is 0.510. The Kier molecular flexibility index (Phi) is 4.69. The Balaban J connectivity index is 3.81. The van der Waals surface area contributed by atoms with Gasteiger partial charge in [-0.05, 0) is 19.8 Å². The summed E-state index contributed by atoms with van der Waals surface area (Å²) in [6, 6.07) is 0. The van der Waals surface area contributed by atoms with Gasteiger partial charge in [-0.3, -0.25) is 0 Å². The van der Waals surface area contributed by atoms with Crippen LogP contribution in [0.2, 0.25) is 19.6 Å². The Labute approximate surface area is 71.1 Å². The van der Waals surface area contributed by atoms with Crippen LogP contribution in [-0.4, -0.2) is 19.8 Å². The number of hydrogen-bond acceptors (Lipinski definition) is 1. The lowest BCUT2D eigenvalue weighted by Gasteiger charge is -2.16. The number of aliphatic hydroxyl groups excluding tert-OH is 1. The summed E-state index contributed by atoms with van der Waals surface area (Å²) in [4.78, 5) is 0. The lowest BCUT2D eigenvalue weighted by Crippen LogP contribution is -2.21. The maximum atomic E-state index is 8.56. The minimum atomic E-state index is -1.03. The Morgan fingerprint density at radius 2 is 1.91 bits per heavy atom. The second kappa shape index (κ2) is 4.73. The molecule has 1 nitrogen and oxygen atoms in total. The van der Waals surface area contributed by atoms with Gasteiger partial charge in [0.05, 0.1) is 8.07 Å². The van der Waals surface area contributed by atoms with Gasteiger partial charge in [0.1, 0.15) is 0 Å². The molecule has 0 fully saturated rings. The van der Waals surface area contributed by atoms with Crippen molar-refractivity contribution >= 4 is 8.07 Å². The van der Waals surface area contributed by atoms with Gasteiger partial charge in [0.2, 0.25) is 0 Å². The first kappa shape index (κ1) is 10.9. The van der Waals surface area contributed by atoms with Crippen molar-refractivity contribution in [3.8, 4) is 0 Å². The van der Waals surface area contributed by atoms with Gasteiger partial charge in [-0.2, -0.15) is 0 Å². The van der Waals surface area contributed by atoms with E-state index in [-0.39, 0.29) is 0 Å². The van der Waals surface area contributed by atoms with Crippen molar-refractivity contribution in [3.05, 3.63) is 11.3 Å². The van der Waals surface area contributed by atoms with E-state index in [1.807, 2.05) is 0 Å². The maximum Gasteiger partial charge on any atom is 0.0716 e. The zero-order chi connectivity index (χ0) is 8.91. The van der Waals surface area contributed by atoms with Crippen molar-refractivity contribution < 1.29 is 5.11 Å². The highest BCUT2D eigenvalue weighted by Crippen LogP contribution is 2.14. The van der Waals surface area contributed by atoms with Crippen molar-refractivity contribution in [1.82, 2.24) is 0 Å². The topological polar surface area (TPSA) is 20.2 Å². The molecule has 0 aliphatic heterocycles. The zero-order valence-corrected chi connectivity index (χ0v) is 9.15. The van der Waals surface area contributed by atoms with Crippen LogP contribution < -0.4 is 0 Å². The van der Waals surface area contributed by atoms with Crippen molar-refractivity contribution in [2.45, 2.75) is 39.4 Å². The van der Waals surface area contributed by atoms with Crippen LogP contribution in [0.25, 0.3) is 0 Å². The molecular weight excluding hydrogens is 152 g/mol. The minimum Gasteiger partial charge on any atom is -0.396 e. The van der Waals surface area contributed by atoms with E-state index >= 15 is 0 Å². The van der Waals surface area contributed by atoms with E-state index in [9.17, 15) is 0 Å². The van der Waals surface area contributed by atoms with Crippen LogP contribution in [0.5, 0.6) is 0 Å². The van der Waals surface area contributed by atoms with E-state index in [2.05, 4.69) is 32.6 Å².